The SMILES string of the molecule is CN(C(=O)OC(C)(C)C)c1nc(Cl)cc(Cl)n1. The molecule has 0 bridgehead atoms. The van der Waals surface area contributed by atoms with E-state index in [0.29, 0.717) is 0 Å². The summed E-state index contributed by atoms with van der Waals surface area (Å²) in [5.74, 6) is 0.0942. The molecule has 0 unspecified atom stereocenters. The lowest BCUT2D eigenvalue weighted by Gasteiger charge is -2.23. The summed E-state index contributed by atoms with van der Waals surface area (Å²) >= 11 is 11.4. The summed E-state index contributed by atoms with van der Waals surface area (Å²) in [6, 6.07) is 1.38. The molecule has 5 nitrogen and oxygen atoms in total. The minimum absolute atomic E-state index is 0.0942. The number of halogens is 2. The minimum atomic E-state index is -0.590. The molecule has 0 spiro atoms. The molecule has 0 saturated heterocycles. The van der Waals surface area contributed by atoms with Crippen LogP contribution < -0.4 is 4.90 Å². The van der Waals surface area contributed by atoms with Crippen LogP contribution in [0.25, 0.3) is 0 Å². The maximum Gasteiger partial charge on any atom is 0.416 e. The standard InChI is InChI=1S/C10H13Cl2N3O2/c1-10(2,3)17-9(16)15(4)8-13-6(11)5-7(12)14-8/h5H,1-4H3. The molecule has 0 aliphatic carbocycles. The predicted molar refractivity (Wildman–Crippen MR) is 66.7 cm³/mol. The molecule has 1 aromatic heterocycles. The molecule has 1 amide bonds. The highest BCUT2D eigenvalue weighted by Crippen LogP contribution is 2.18. The zero-order valence-electron chi connectivity index (χ0n) is 9.99. The summed E-state index contributed by atoms with van der Waals surface area (Å²) in [4.78, 5) is 20.6. The summed E-state index contributed by atoms with van der Waals surface area (Å²) in [5.41, 5.74) is -0.590. The normalized spacial score (nSPS) is 11.2. The Bertz CT molecular complexity index is 412. The van der Waals surface area contributed by atoms with E-state index in [1.54, 1.807) is 20.8 Å². The Hall–Kier alpha value is -1.07. The number of nitrogens with zero attached hydrogens (tertiary/aromatic N) is 3. The molecule has 0 atom stereocenters. The molecule has 0 aliphatic rings. The Morgan fingerprint density at radius 2 is 1.76 bits per heavy atom. The summed E-state index contributed by atoms with van der Waals surface area (Å²) in [6.45, 7) is 5.31. The van der Waals surface area contributed by atoms with Gasteiger partial charge in [0, 0.05) is 13.1 Å². The highest BCUT2D eigenvalue weighted by Gasteiger charge is 2.22. The van der Waals surface area contributed by atoms with E-state index in [0.717, 1.165) is 4.90 Å². The molecule has 0 radical (unpaired) electrons. The van der Waals surface area contributed by atoms with Gasteiger partial charge in [0.05, 0.1) is 0 Å². The van der Waals surface area contributed by atoms with Crippen molar-refractivity contribution in [1.82, 2.24) is 9.97 Å². The van der Waals surface area contributed by atoms with Gasteiger partial charge in [-0.15, -0.1) is 0 Å². The van der Waals surface area contributed by atoms with Crippen molar-refractivity contribution in [3.8, 4) is 0 Å². The molecule has 1 rings (SSSR count). The van der Waals surface area contributed by atoms with Gasteiger partial charge < -0.3 is 4.74 Å². The summed E-state index contributed by atoms with van der Waals surface area (Å²) in [7, 11) is 1.48. The molecular weight excluding hydrogens is 265 g/mol. The lowest BCUT2D eigenvalue weighted by atomic mass is 10.2. The largest absolute Gasteiger partial charge is 0.443 e. The van der Waals surface area contributed by atoms with Gasteiger partial charge in [0.15, 0.2) is 0 Å². The van der Waals surface area contributed by atoms with Gasteiger partial charge in [-0.3, -0.25) is 0 Å². The van der Waals surface area contributed by atoms with Crippen molar-refractivity contribution in [2.75, 3.05) is 11.9 Å². The van der Waals surface area contributed by atoms with Gasteiger partial charge in [0.1, 0.15) is 15.9 Å². The van der Waals surface area contributed by atoms with Crippen molar-refractivity contribution in [1.29, 1.82) is 0 Å². The number of ether oxygens (including phenoxy) is 1. The third kappa shape index (κ3) is 4.36. The van der Waals surface area contributed by atoms with Crippen LogP contribution in [0.5, 0.6) is 0 Å². The third-order valence-electron chi connectivity index (χ3n) is 1.62. The maximum atomic E-state index is 11.7. The van der Waals surface area contributed by atoms with Gasteiger partial charge in [-0.05, 0) is 20.8 Å². The number of rotatable bonds is 1. The molecule has 0 N–H and O–H groups in total. The van der Waals surface area contributed by atoms with Crippen LogP contribution in [0.2, 0.25) is 10.3 Å². The Labute approximate surface area is 110 Å². The molecule has 1 heterocycles. The average molecular weight is 278 g/mol. The number of amides is 1. The van der Waals surface area contributed by atoms with Crippen molar-refractivity contribution < 1.29 is 9.53 Å². The van der Waals surface area contributed by atoms with Crippen LogP contribution in [0.15, 0.2) is 6.07 Å². The summed E-state index contributed by atoms with van der Waals surface area (Å²) in [6.07, 6.45) is -0.573. The third-order valence-corrected chi connectivity index (χ3v) is 2.01. The fourth-order valence-electron chi connectivity index (χ4n) is 0.941. The van der Waals surface area contributed by atoms with Crippen LogP contribution in [0.3, 0.4) is 0 Å². The maximum absolute atomic E-state index is 11.7. The van der Waals surface area contributed by atoms with E-state index in [1.165, 1.54) is 13.1 Å². The minimum Gasteiger partial charge on any atom is -0.443 e. The fraction of sp³-hybridized carbons (Fsp3) is 0.500. The Balaban J connectivity index is 2.89. The Morgan fingerprint density at radius 1 is 1.29 bits per heavy atom. The van der Waals surface area contributed by atoms with Gasteiger partial charge in [-0.25, -0.2) is 19.7 Å². The zero-order chi connectivity index (χ0) is 13.2. The second-order valence-corrected chi connectivity index (χ2v) is 5.13. The molecule has 0 aliphatic heterocycles. The topological polar surface area (TPSA) is 55.3 Å². The van der Waals surface area contributed by atoms with Crippen molar-refractivity contribution in [3.05, 3.63) is 16.4 Å². The Morgan fingerprint density at radius 3 is 2.18 bits per heavy atom. The lowest BCUT2D eigenvalue weighted by Crippen LogP contribution is -2.35. The highest BCUT2D eigenvalue weighted by atomic mass is 35.5. The molecule has 7 heteroatoms. The average Bonchev–Trinajstić information content (AvgIpc) is 2.12. The van der Waals surface area contributed by atoms with Crippen molar-refractivity contribution in [2.45, 2.75) is 26.4 Å². The van der Waals surface area contributed by atoms with E-state index in [1.807, 2.05) is 0 Å². The quantitative estimate of drug-likeness (QED) is 0.740. The first-order valence-electron chi connectivity index (χ1n) is 4.86. The van der Waals surface area contributed by atoms with E-state index < -0.39 is 11.7 Å². The van der Waals surface area contributed by atoms with E-state index >= 15 is 0 Å². The van der Waals surface area contributed by atoms with E-state index in [2.05, 4.69) is 9.97 Å². The number of carbonyl (C=O) groups is 1. The molecule has 0 aromatic carbocycles. The van der Waals surface area contributed by atoms with Gasteiger partial charge >= 0.3 is 6.09 Å². The number of carbonyl (C=O) groups excluding carboxylic acids is 1. The number of hydrogen-bond donors (Lipinski definition) is 0. The molecule has 17 heavy (non-hydrogen) atoms. The molecular formula is C10H13Cl2N3O2. The highest BCUT2D eigenvalue weighted by molar-refractivity contribution is 6.33. The van der Waals surface area contributed by atoms with Crippen molar-refractivity contribution in [2.24, 2.45) is 0 Å². The van der Waals surface area contributed by atoms with Gasteiger partial charge in [0.2, 0.25) is 5.95 Å². The van der Waals surface area contributed by atoms with Gasteiger partial charge in [-0.2, -0.15) is 0 Å². The molecule has 94 valence electrons. The molecule has 0 saturated carbocycles. The Kier molecular flexibility index (Phi) is 4.16. The second kappa shape index (κ2) is 5.06. The van der Waals surface area contributed by atoms with Crippen LogP contribution in [0.1, 0.15) is 20.8 Å². The summed E-state index contributed by atoms with van der Waals surface area (Å²) < 4.78 is 5.15. The number of hydrogen-bond acceptors (Lipinski definition) is 4. The molecule has 1 aromatic rings. The first-order valence-corrected chi connectivity index (χ1v) is 5.61. The summed E-state index contributed by atoms with van der Waals surface area (Å²) in [5, 5.41) is 0.325. The number of anilines is 1. The first kappa shape index (κ1) is 14.0. The monoisotopic (exact) mass is 277 g/mol. The smallest absolute Gasteiger partial charge is 0.416 e. The van der Waals surface area contributed by atoms with Gasteiger partial charge in [0.25, 0.3) is 0 Å². The fourth-order valence-corrected chi connectivity index (χ4v) is 1.35. The lowest BCUT2D eigenvalue weighted by molar-refractivity contribution is 0.0587. The van der Waals surface area contributed by atoms with Crippen LogP contribution >= 0.6 is 23.2 Å². The van der Waals surface area contributed by atoms with E-state index in [9.17, 15) is 4.79 Å². The van der Waals surface area contributed by atoms with Crippen LogP contribution in [-0.2, 0) is 4.74 Å². The van der Waals surface area contributed by atoms with Crippen molar-refractivity contribution in [3.63, 3.8) is 0 Å². The van der Waals surface area contributed by atoms with E-state index in [4.69, 9.17) is 27.9 Å². The second-order valence-electron chi connectivity index (χ2n) is 4.35. The van der Waals surface area contributed by atoms with Crippen LogP contribution in [0.4, 0.5) is 10.7 Å². The first-order chi connectivity index (χ1) is 7.69. The predicted octanol–water partition coefficient (Wildman–Crippen LogP) is 3.15. The van der Waals surface area contributed by atoms with Gasteiger partial charge in [-0.1, -0.05) is 23.2 Å². The van der Waals surface area contributed by atoms with Crippen LogP contribution in [0, 0.1) is 0 Å². The van der Waals surface area contributed by atoms with Crippen molar-refractivity contribution >= 4 is 35.2 Å². The zero-order valence-corrected chi connectivity index (χ0v) is 11.5. The number of aromatic nitrogens is 2. The molecule has 0 fully saturated rings. The van der Waals surface area contributed by atoms with E-state index in [-0.39, 0.29) is 16.3 Å². The van der Waals surface area contributed by atoms with Crippen LogP contribution in [-0.4, -0.2) is 28.7 Å².